The van der Waals surface area contributed by atoms with E-state index in [2.05, 4.69) is 56.5 Å². The van der Waals surface area contributed by atoms with Gasteiger partial charge in [0.15, 0.2) is 0 Å². The third-order valence-electron chi connectivity index (χ3n) is 9.35. The number of aliphatic hydroxyl groups excluding tert-OH is 2. The average Bonchev–Trinajstić information content (AvgIpc) is 3.16. The first-order valence-corrected chi connectivity index (χ1v) is 21.9. The van der Waals surface area contributed by atoms with Crippen LogP contribution in [0.25, 0.3) is 0 Å². The molecule has 3 atom stereocenters. The van der Waals surface area contributed by atoms with Crippen molar-refractivity contribution in [3.8, 4) is 0 Å². The maximum atomic E-state index is 13.1. The number of rotatable bonds is 37. The molecule has 0 aliphatic carbocycles. The van der Waals surface area contributed by atoms with Crippen LogP contribution in [0, 0.1) is 0 Å². The molecular formula is C48H81NO5. The molecule has 0 heterocycles. The summed E-state index contributed by atoms with van der Waals surface area (Å²) < 4.78 is 5.81. The van der Waals surface area contributed by atoms with Gasteiger partial charge in [-0.3, -0.25) is 9.59 Å². The molecular weight excluding hydrogens is 671 g/mol. The predicted octanol–water partition coefficient (Wildman–Crippen LogP) is 12.4. The number of carbonyl (C=O) groups excluding carboxylic acids is 2. The summed E-state index contributed by atoms with van der Waals surface area (Å²) in [7, 11) is 0. The molecule has 0 rings (SSSR count). The standard InChI is InChI=1S/C48H81NO5/c1-4-7-10-13-16-19-21-23-25-28-30-33-36-39-44(54-48(53)41-38-35-32-29-26-24-22-20-17-14-11-8-5-2)42-47(52)49-45(43-50)46(51)40-37-34-31-27-18-15-12-9-6-3/h7,10,13,16,19,21,23-26,28,30,32,35,44-46,50-51H,4-6,8-9,11-12,14-15,17-18,20,22,27,29,31,33-34,36-43H2,1-3H3,(H,49,52)/b10-7+,16-13+,21-19-,25-23-,26-24-,30-28+,35-32+. The third kappa shape index (κ3) is 36.0. The van der Waals surface area contributed by atoms with Crippen LogP contribution < -0.4 is 5.32 Å². The van der Waals surface area contributed by atoms with Gasteiger partial charge in [0, 0.05) is 6.42 Å². The molecule has 0 aromatic heterocycles. The highest BCUT2D eigenvalue weighted by molar-refractivity contribution is 5.77. The van der Waals surface area contributed by atoms with Gasteiger partial charge in [0.2, 0.25) is 5.91 Å². The number of nitrogens with one attached hydrogen (secondary N) is 1. The Kier molecular flexibility index (Phi) is 38.9. The molecule has 0 spiro atoms. The highest BCUT2D eigenvalue weighted by atomic mass is 16.5. The lowest BCUT2D eigenvalue weighted by atomic mass is 10.0. The van der Waals surface area contributed by atoms with E-state index in [1.165, 1.54) is 77.0 Å². The zero-order valence-electron chi connectivity index (χ0n) is 34.8. The molecule has 0 aliphatic rings. The number of hydrogen-bond donors (Lipinski definition) is 3. The summed E-state index contributed by atoms with van der Waals surface area (Å²) in [4.78, 5) is 25.9. The zero-order chi connectivity index (χ0) is 39.6. The van der Waals surface area contributed by atoms with Gasteiger partial charge in [-0.05, 0) is 57.8 Å². The van der Waals surface area contributed by atoms with Crippen LogP contribution in [0.4, 0.5) is 0 Å². The van der Waals surface area contributed by atoms with Crippen molar-refractivity contribution in [3.63, 3.8) is 0 Å². The van der Waals surface area contributed by atoms with Crippen molar-refractivity contribution in [1.29, 1.82) is 0 Å². The van der Waals surface area contributed by atoms with E-state index in [1.54, 1.807) is 0 Å². The van der Waals surface area contributed by atoms with E-state index in [0.29, 0.717) is 19.3 Å². The number of carbonyl (C=O) groups is 2. The van der Waals surface area contributed by atoms with Crippen molar-refractivity contribution in [1.82, 2.24) is 5.32 Å². The van der Waals surface area contributed by atoms with Gasteiger partial charge in [0.1, 0.15) is 6.10 Å². The van der Waals surface area contributed by atoms with Crippen LogP contribution in [0.5, 0.6) is 0 Å². The van der Waals surface area contributed by atoms with Gasteiger partial charge in [-0.15, -0.1) is 0 Å². The fourth-order valence-corrected chi connectivity index (χ4v) is 6.04. The van der Waals surface area contributed by atoms with Crippen LogP contribution >= 0.6 is 0 Å². The van der Waals surface area contributed by atoms with Crippen molar-refractivity contribution in [2.24, 2.45) is 0 Å². The predicted molar refractivity (Wildman–Crippen MR) is 231 cm³/mol. The molecule has 308 valence electrons. The van der Waals surface area contributed by atoms with E-state index >= 15 is 0 Å². The van der Waals surface area contributed by atoms with Gasteiger partial charge in [-0.25, -0.2) is 0 Å². The minimum atomic E-state index is -0.816. The van der Waals surface area contributed by atoms with Crippen LogP contribution in [0.2, 0.25) is 0 Å². The number of ether oxygens (including phenoxy) is 1. The lowest BCUT2D eigenvalue weighted by Gasteiger charge is -2.24. The molecule has 0 aromatic carbocycles. The fourth-order valence-electron chi connectivity index (χ4n) is 6.04. The molecule has 0 aromatic rings. The molecule has 0 saturated carbocycles. The van der Waals surface area contributed by atoms with E-state index in [-0.39, 0.29) is 31.3 Å². The van der Waals surface area contributed by atoms with Gasteiger partial charge in [-0.2, -0.15) is 0 Å². The van der Waals surface area contributed by atoms with Crippen molar-refractivity contribution < 1.29 is 24.5 Å². The Morgan fingerprint density at radius 3 is 1.69 bits per heavy atom. The summed E-state index contributed by atoms with van der Waals surface area (Å²) in [5.41, 5.74) is 0. The second-order valence-corrected chi connectivity index (χ2v) is 14.5. The maximum absolute atomic E-state index is 13.1. The number of allylic oxidation sites excluding steroid dienone is 14. The monoisotopic (exact) mass is 752 g/mol. The summed E-state index contributed by atoms with van der Waals surface area (Å²) in [6.07, 6.45) is 52.3. The Balaban J connectivity index is 4.85. The maximum Gasteiger partial charge on any atom is 0.306 e. The summed E-state index contributed by atoms with van der Waals surface area (Å²) in [5.74, 6) is -0.639. The highest BCUT2D eigenvalue weighted by Gasteiger charge is 2.23. The summed E-state index contributed by atoms with van der Waals surface area (Å²) in [6, 6.07) is -0.736. The SMILES string of the molecule is CC/C=C/C=C/C=C\C=C/C=C/CCCC(CC(=O)NC(CO)C(O)CCCCCCCCCCC)OC(=O)CC/C=C/C/C=C\CCCCCCCC. The smallest absolute Gasteiger partial charge is 0.306 e. The lowest BCUT2D eigenvalue weighted by Crippen LogP contribution is -2.46. The molecule has 3 unspecified atom stereocenters. The summed E-state index contributed by atoms with van der Waals surface area (Å²) in [5, 5.41) is 23.5. The van der Waals surface area contributed by atoms with Crippen molar-refractivity contribution in [2.75, 3.05) is 6.61 Å². The first-order valence-electron chi connectivity index (χ1n) is 21.9. The van der Waals surface area contributed by atoms with Gasteiger partial charge < -0.3 is 20.3 Å². The number of unbranched alkanes of at least 4 members (excludes halogenated alkanes) is 15. The zero-order valence-corrected chi connectivity index (χ0v) is 34.8. The molecule has 3 N–H and O–H groups in total. The summed E-state index contributed by atoms with van der Waals surface area (Å²) in [6.45, 7) is 6.24. The minimum absolute atomic E-state index is 0.00159. The Morgan fingerprint density at radius 1 is 0.574 bits per heavy atom. The Bertz CT molecular complexity index is 1070. The van der Waals surface area contributed by atoms with Crippen LogP contribution in [-0.2, 0) is 14.3 Å². The average molecular weight is 752 g/mol. The topological polar surface area (TPSA) is 95.9 Å². The van der Waals surface area contributed by atoms with Gasteiger partial charge in [0.05, 0.1) is 25.2 Å². The van der Waals surface area contributed by atoms with Crippen LogP contribution in [-0.4, -0.2) is 46.9 Å². The van der Waals surface area contributed by atoms with Crippen molar-refractivity contribution in [3.05, 3.63) is 85.1 Å². The number of amides is 1. The Labute approximate surface area is 332 Å². The fraction of sp³-hybridized carbons (Fsp3) is 0.667. The summed E-state index contributed by atoms with van der Waals surface area (Å²) >= 11 is 0. The molecule has 54 heavy (non-hydrogen) atoms. The van der Waals surface area contributed by atoms with Crippen LogP contribution in [0.3, 0.4) is 0 Å². The van der Waals surface area contributed by atoms with Gasteiger partial charge >= 0.3 is 5.97 Å². The number of hydrogen-bond acceptors (Lipinski definition) is 5. The molecule has 6 nitrogen and oxygen atoms in total. The van der Waals surface area contributed by atoms with Crippen LogP contribution in [0.15, 0.2) is 85.1 Å². The van der Waals surface area contributed by atoms with E-state index in [1.807, 2.05) is 54.7 Å². The van der Waals surface area contributed by atoms with Crippen molar-refractivity contribution in [2.45, 2.75) is 200 Å². The Morgan fingerprint density at radius 2 is 1.09 bits per heavy atom. The van der Waals surface area contributed by atoms with E-state index in [0.717, 1.165) is 51.4 Å². The Hall–Kier alpha value is -2.96. The second kappa shape index (κ2) is 41.2. The van der Waals surface area contributed by atoms with E-state index < -0.39 is 18.2 Å². The molecule has 0 bridgehead atoms. The number of esters is 1. The normalized spacial score (nSPS) is 14.2. The first kappa shape index (κ1) is 51.0. The molecule has 0 radical (unpaired) electrons. The van der Waals surface area contributed by atoms with Crippen LogP contribution in [0.1, 0.15) is 181 Å². The van der Waals surface area contributed by atoms with Gasteiger partial charge in [-0.1, -0.05) is 196 Å². The van der Waals surface area contributed by atoms with Crippen molar-refractivity contribution >= 4 is 11.9 Å². The van der Waals surface area contributed by atoms with E-state index in [4.69, 9.17) is 4.74 Å². The molecule has 6 heteroatoms. The highest BCUT2D eigenvalue weighted by Crippen LogP contribution is 2.15. The molecule has 1 amide bonds. The first-order chi connectivity index (χ1) is 26.5. The molecule has 0 aliphatic heterocycles. The number of aliphatic hydroxyl groups is 2. The third-order valence-corrected chi connectivity index (χ3v) is 9.35. The van der Waals surface area contributed by atoms with Gasteiger partial charge in [0.25, 0.3) is 0 Å². The molecule has 0 saturated heterocycles. The minimum Gasteiger partial charge on any atom is -0.462 e. The second-order valence-electron chi connectivity index (χ2n) is 14.5. The largest absolute Gasteiger partial charge is 0.462 e. The quantitative estimate of drug-likeness (QED) is 0.0254. The lowest BCUT2D eigenvalue weighted by molar-refractivity contribution is -0.150. The molecule has 0 fully saturated rings. The van der Waals surface area contributed by atoms with E-state index in [9.17, 15) is 19.8 Å².